The van der Waals surface area contributed by atoms with E-state index in [-0.39, 0.29) is 11.1 Å². The lowest BCUT2D eigenvalue weighted by Gasteiger charge is -2.27. The minimum absolute atomic E-state index is 0.0730. The van der Waals surface area contributed by atoms with Crippen LogP contribution in [-0.2, 0) is 13.5 Å². The molecule has 1 aromatic carbocycles. The van der Waals surface area contributed by atoms with Crippen molar-refractivity contribution in [1.29, 1.82) is 5.26 Å². The summed E-state index contributed by atoms with van der Waals surface area (Å²) in [6.45, 7) is 0. The summed E-state index contributed by atoms with van der Waals surface area (Å²) in [7, 11) is 1.84. The van der Waals surface area contributed by atoms with Gasteiger partial charge in [0, 0.05) is 30.3 Å². The molecule has 0 bridgehead atoms. The molecule has 156 valence electrons. The van der Waals surface area contributed by atoms with Gasteiger partial charge < -0.3 is 4.74 Å². The number of aryl methyl sites for hydroxylation is 1. The van der Waals surface area contributed by atoms with Crippen LogP contribution in [0.5, 0.6) is 5.75 Å². The second kappa shape index (κ2) is 7.47. The topological polar surface area (TPSA) is 81.5 Å². The number of aromatic nitrogens is 5. The highest BCUT2D eigenvalue weighted by Gasteiger charge is 2.30. The fourth-order valence-electron chi connectivity index (χ4n) is 4.14. The third-order valence-corrected chi connectivity index (χ3v) is 5.55. The normalized spacial score (nSPS) is 15.8. The van der Waals surface area contributed by atoms with Gasteiger partial charge in [0.15, 0.2) is 0 Å². The number of halogens is 2. The third kappa shape index (κ3) is 3.30. The van der Waals surface area contributed by atoms with E-state index in [1.165, 1.54) is 6.20 Å². The average molecular weight is 420 g/mol. The molecule has 3 heterocycles. The van der Waals surface area contributed by atoms with Crippen LogP contribution >= 0.6 is 0 Å². The van der Waals surface area contributed by atoms with Crippen LogP contribution in [0.1, 0.15) is 47.8 Å². The van der Waals surface area contributed by atoms with Crippen molar-refractivity contribution in [3.63, 3.8) is 0 Å². The van der Waals surface area contributed by atoms with Gasteiger partial charge in [-0.3, -0.25) is 9.67 Å². The molecule has 1 aliphatic rings. The molecular formula is C22H18F2N6O. The summed E-state index contributed by atoms with van der Waals surface area (Å²) in [6, 6.07) is 7.45. The zero-order valence-corrected chi connectivity index (χ0v) is 16.7. The Bertz CT molecular complexity index is 1320. The quantitative estimate of drug-likeness (QED) is 0.488. The van der Waals surface area contributed by atoms with E-state index < -0.39 is 12.5 Å². The lowest BCUT2D eigenvalue weighted by molar-refractivity contribution is 0.145. The minimum Gasteiger partial charge on any atom is -0.484 e. The minimum atomic E-state index is -2.73. The van der Waals surface area contributed by atoms with Gasteiger partial charge in [-0.2, -0.15) is 15.5 Å². The Balaban J connectivity index is 1.52. The highest BCUT2D eigenvalue weighted by atomic mass is 19.3. The van der Waals surface area contributed by atoms with Gasteiger partial charge in [0.05, 0.1) is 35.4 Å². The highest BCUT2D eigenvalue weighted by Crippen LogP contribution is 2.38. The summed E-state index contributed by atoms with van der Waals surface area (Å²) < 4.78 is 37.0. The zero-order chi connectivity index (χ0) is 21.5. The smallest absolute Gasteiger partial charge is 0.265 e. The Morgan fingerprint density at radius 2 is 2.10 bits per heavy atom. The van der Waals surface area contributed by atoms with Gasteiger partial charge in [0.25, 0.3) is 6.43 Å². The van der Waals surface area contributed by atoms with E-state index in [2.05, 4.69) is 15.2 Å². The van der Waals surface area contributed by atoms with Crippen molar-refractivity contribution < 1.29 is 13.5 Å². The van der Waals surface area contributed by atoms with E-state index in [4.69, 9.17) is 4.74 Å². The molecule has 0 saturated heterocycles. The summed E-state index contributed by atoms with van der Waals surface area (Å²) in [5, 5.41) is 18.8. The molecule has 7 nitrogen and oxygen atoms in total. The van der Waals surface area contributed by atoms with E-state index in [0.29, 0.717) is 36.3 Å². The summed E-state index contributed by atoms with van der Waals surface area (Å²) in [5.74, 6) is 0.598. The maximum atomic E-state index is 13.7. The van der Waals surface area contributed by atoms with Crippen LogP contribution in [0.15, 0.2) is 43.0 Å². The van der Waals surface area contributed by atoms with Crippen molar-refractivity contribution >= 4 is 10.9 Å². The molecule has 0 radical (unpaired) electrons. The van der Waals surface area contributed by atoms with E-state index in [9.17, 15) is 14.0 Å². The van der Waals surface area contributed by atoms with Crippen molar-refractivity contribution in [1.82, 2.24) is 24.5 Å². The summed E-state index contributed by atoms with van der Waals surface area (Å²) in [5.41, 5.74) is 2.31. The first-order chi connectivity index (χ1) is 15.0. The van der Waals surface area contributed by atoms with Crippen molar-refractivity contribution in [2.75, 3.05) is 0 Å². The van der Waals surface area contributed by atoms with E-state index in [0.717, 1.165) is 16.6 Å². The Morgan fingerprint density at radius 1 is 1.23 bits per heavy atom. The van der Waals surface area contributed by atoms with Gasteiger partial charge in [-0.15, -0.1) is 0 Å². The number of alkyl halides is 2. The number of hydrogen-bond donors (Lipinski definition) is 0. The average Bonchev–Trinajstić information content (AvgIpc) is 3.38. The molecule has 1 aliphatic carbocycles. The Morgan fingerprint density at radius 3 is 2.84 bits per heavy atom. The van der Waals surface area contributed by atoms with Crippen molar-refractivity contribution in [3.05, 3.63) is 65.4 Å². The van der Waals surface area contributed by atoms with Gasteiger partial charge in [0.1, 0.15) is 23.6 Å². The van der Waals surface area contributed by atoms with Gasteiger partial charge in [-0.05, 0) is 37.0 Å². The lowest BCUT2D eigenvalue weighted by Crippen LogP contribution is -2.19. The van der Waals surface area contributed by atoms with Crippen LogP contribution in [0.25, 0.3) is 16.6 Å². The molecule has 4 aromatic rings. The molecule has 0 saturated carbocycles. The maximum Gasteiger partial charge on any atom is 0.265 e. The van der Waals surface area contributed by atoms with Crippen molar-refractivity contribution in [2.45, 2.75) is 31.8 Å². The molecule has 0 N–H and O–H groups in total. The number of nitrogens with zero attached hydrogens (tertiary/aromatic N) is 6. The van der Waals surface area contributed by atoms with Crippen molar-refractivity contribution in [3.8, 4) is 17.5 Å². The largest absolute Gasteiger partial charge is 0.484 e. The first-order valence-electron chi connectivity index (χ1n) is 9.88. The fourth-order valence-corrected chi connectivity index (χ4v) is 4.14. The molecule has 0 fully saturated rings. The molecule has 0 spiro atoms. The number of pyridine rings is 1. The molecule has 9 heteroatoms. The zero-order valence-electron chi connectivity index (χ0n) is 16.7. The predicted molar refractivity (Wildman–Crippen MR) is 108 cm³/mol. The molecule has 0 amide bonds. The van der Waals surface area contributed by atoms with E-state index >= 15 is 0 Å². The first-order valence-corrected chi connectivity index (χ1v) is 9.88. The van der Waals surface area contributed by atoms with Crippen LogP contribution in [0, 0.1) is 11.3 Å². The maximum absolute atomic E-state index is 13.7. The fraction of sp³-hybridized carbons (Fsp3) is 0.273. The highest BCUT2D eigenvalue weighted by molar-refractivity contribution is 5.81. The molecule has 0 unspecified atom stereocenters. The number of nitriles is 1. The van der Waals surface area contributed by atoms with Gasteiger partial charge in [-0.1, -0.05) is 0 Å². The standard InChI is InChI=1S/C22H18F2N6O/c1-29-12-15(11-27-29)30-18-7-16(6-5-13(18)10-28-30)31-19-4-2-3-17-20(22(23)24)14(8-25)9-26-21(17)19/h5-7,9-12,19,22H,2-4H2,1H3/t19-/m0/s1. The van der Waals surface area contributed by atoms with Crippen LogP contribution in [0.2, 0.25) is 0 Å². The second-order valence-electron chi connectivity index (χ2n) is 7.51. The van der Waals surface area contributed by atoms with Gasteiger partial charge in [-0.25, -0.2) is 13.5 Å². The Hall–Kier alpha value is -3.80. The molecule has 1 atom stereocenters. The number of hydrogen-bond acceptors (Lipinski definition) is 5. The van der Waals surface area contributed by atoms with Crippen molar-refractivity contribution in [2.24, 2.45) is 7.05 Å². The molecule has 31 heavy (non-hydrogen) atoms. The first kappa shape index (κ1) is 19.2. The van der Waals surface area contributed by atoms with Crippen LogP contribution in [0.3, 0.4) is 0 Å². The van der Waals surface area contributed by atoms with Crippen LogP contribution in [-0.4, -0.2) is 24.5 Å². The summed E-state index contributed by atoms with van der Waals surface area (Å²) in [6.07, 6.45) is 5.20. The number of benzene rings is 1. The predicted octanol–water partition coefficient (Wildman–Crippen LogP) is 4.42. The van der Waals surface area contributed by atoms with Crippen LogP contribution in [0.4, 0.5) is 8.78 Å². The van der Waals surface area contributed by atoms with Crippen LogP contribution < -0.4 is 4.74 Å². The lowest BCUT2D eigenvalue weighted by atomic mass is 9.88. The Labute approximate surface area is 176 Å². The summed E-state index contributed by atoms with van der Waals surface area (Å²) in [4.78, 5) is 4.32. The van der Waals surface area contributed by atoms with E-state index in [1.807, 2.05) is 37.5 Å². The second-order valence-corrected chi connectivity index (χ2v) is 7.51. The Kier molecular flexibility index (Phi) is 4.62. The monoisotopic (exact) mass is 420 g/mol. The molecule has 5 rings (SSSR count). The van der Waals surface area contributed by atoms with E-state index in [1.54, 1.807) is 21.8 Å². The number of ether oxygens (including phenoxy) is 1. The molecule has 3 aromatic heterocycles. The van der Waals surface area contributed by atoms with Gasteiger partial charge in [0.2, 0.25) is 0 Å². The number of fused-ring (bicyclic) bond motifs is 2. The summed E-state index contributed by atoms with van der Waals surface area (Å²) >= 11 is 0. The molecule has 0 aliphatic heterocycles. The number of rotatable bonds is 4. The third-order valence-electron chi connectivity index (χ3n) is 5.55. The van der Waals surface area contributed by atoms with Gasteiger partial charge >= 0.3 is 0 Å². The SMILES string of the molecule is Cn1cc(-n2ncc3ccc(O[C@H]4CCCc5c4ncc(C#N)c5C(F)F)cc32)cn1. The molecular weight excluding hydrogens is 402 g/mol.